The van der Waals surface area contributed by atoms with E-state index in [-0.39, 0.29) is 0 Å². The molecule has 0 aliphatic carbocycles. The third-order valence-electron chi connectivity index (χ3n) is 3.11. The first-order chi connectivity index (χ1) is 9.63. The predicted molar refractivity (Wildman–Crippen MR) is 84.8 cm³/mol. The number of hydrogen-bond donors (Lipinski definition) is 2. The number of aliphatic imine (C=N–C) groups is 1. The Morgan fingerprint density at radius 2 is 2.15 bits per heavy atom. The summed E-state index contributed by atoms with van der Waals surface area (Å²) >= 11 is 0. The van der Waals surface area contributed by atoms with Crippen LogP contribution in [0.5, 0.6) is 0 Å². The molecule has 0 amide bonds. The Labute approximate surface area is 122 Å². The average Bonchev–Trinajstić information content (AvgIpc) is 2.45. The van der Waals surface area contributed by atoms with Crippen molar-refractivity contribution >= 4 is 5.96 Å². The molecule has 5 nitrogen and oxygen atoms in total. The van der Waals surface area contributed by atoms with E-state index in [1.54, 1.807) is 6.20 Å². The lowest BCUT2D eigenvalue weighted by molar-refractivity contribution is 0.278. The molecule has 0 fully saturated rings. The van der Waals surface area contributed by atoms with Gasteiger partial charge in [-0.25, -0.2) is 4.99 Å². The predicted octanol–water partition coefficient (Wildman–Crippen LogP) is 1.48. The van der Waals surface area contributed by atoms with E-state index in [4.69, 9.17) is 0 Å². The van der Waals surface area contributed by atoms with Gasteiger partial charge in [0.1, 0.15) is 0 Å². The van der Waals surface area contributed by atoms with E-state index in [1.165, 1.54) is 0 Å². The molecule has 0 saturated heterocycles. The normalized spacial score (nSPS) is 12.0. The largest absolute Gasteiger partial charge is 0.357 e. The average molecular weight is 277 g/mol. The molecule has 0 unspecified atom stereocenters. The number of likely N-dealkylation sites (N-methyl/N-ethyl adjacent to an activating group) is 1. The molecule has 0 atom stereocenters. The van der Waals surface area contributed by atoms with Crippen LogP contribution in [0.25, 0.3) is 0 Å². The SMILES string of the molecule is CCNC(=NCc1ccccn1)NCCN(C)C(C)C. The lowest BCUT2D eigenvalue weighted by atomic mass is 10.3. The summed E-state index contributed by atoms with van der Waals surface area (Å²) in [6.45, 7) is 9.78. The van der Waals surface area contributed by atoms with Gasteiger partial charge in [0.15, 0.2) is 5.96 Å². The van der Waals surface area contributed by atoms with Crippen LogP contribution in [-0.2, 0) is 6.54 Å². The molecule has 0 aliphatic heterocycles. The van der Waals surface area contributed by atoms with Gasteiger partial charge in [0.2, 0.25) is 0 Å². The zero-order valence-electron chi connectivity index (χ0n) is 13.1. The van der Waals surface area contributed by atoms with E-state index >= 15 is 0 Å². The molecule has 1 rings (SSSR count). The van der Waals surface area contributed by atoms with Crippen molar-refractivity contribution in [3.8, 4) is 0 Å². The van der Waals surface area contributed by atoms with E-state index in [1.807, 2.05) is 18.2 Å². The van der Waals surface area contributed by atoms with Crippen LogP contribution in [0.3, 0.4) is 0 Å². The van der Waals surface area contributed by atoms with Crippen LogP contribution in [0.2, 0.25) is 0 Å². The van der Waals surface area contributed by atoms with E-state index in [0.29, 0.717) is 12.6 Å². The maximum absolute atomic E-state index is 4.54. The lowest BCUT2D eigenvalue weighted by Gasteiger charge is -2.21. The monoisotopic (exact) mass is 277 g/mol. The van der Waals surface area contributed by atoms with Crippen LogP contribution in [0.1, 0.15) is 26.5 Å². The van der Waals surface area contributed by atoms with Gasteiger partial charge < -0.3 is 15.5 Å². The van der Waals surface area contributed by atoms with Gasteiger partial charge in [0.05, 0.1) is 12.2 Å². The van der Waals surface area contributed by atoms with Gasteiger partial charge in [-0.3, -0.25) is 4.98 Å². The zero-order valence-corrected chi connectivity index (χ0v) is 13.1. The number of aromatic nitrogens is 1. The first-order valence-electron chi connectivity index (χ1n) is 7.25. The van der Waals surface area contributed by atoms with Crippen LogP contribution in [0.15, 0.2) is 29.4 Å². The van der Waals surface area contributed by atoms with Crippen molar-refractivity contribution in [2.75, 3.05) is 26.7 Å². The molecule has 0 radical (unpaired) electrons. The van der Waals surface area contributed by atoms with Crippen LogP contribution in [-0.4, -0.2) is 48.6 Å². The number of hydrogen-bond acceptors (Lipinski definition) is 3. The van der Waals surface area contributed by atoms with Crippen LogP contribution >= 0.6 is 0 Å². The van der Waals surface area contributed by atoms with Gasteiger partial charge in [0.25, 0.3) is 0 Å². The van der Waals surface area contributed by atoms with E-state index in [9.17, 15) is 0 Å². The number of guanidine groups is 1. The quantitative estimate of drug-likeness (QED) is 0.585. The minimum absolute atomic E-state index is 0.560. The molecule has 112 valence electrons. The molecule has 0 bridgehead atoms. The van der Waals surface area contributed by atoms with Crippen molar-refractivity contribution < 1.29 is 0 Å². The molecule has 1 heterocycles. The molecule has 2 N–H and O–H groups in total. The Hall–Kier alpha value is -1.62. The zero-order chi connectivity index (χ0) is 14.8. The van der Waals surface area contributed by atoms with Gasteiger partial charge in [-0.15, -0.1) is 0 Å². The van der Waals surface area contributed by atoms with Gasteiger partial charge in [-0.2, -0.15) is 0 Å². The highest BCUT2D eigenvalue weighted by atomic mass is 15.2. The second kappa shape index (κ2) is 9.31. The van der Waals surface area contributed by atoms with Gasteiger partial charge in [0, 0.05) is 31.9 Å². The van der Waals surface area contributed by atoms with Crippen LogP contribution in [0.4, 0.5) is 0 Å². The maximum atomic E-state index is 4.54. The third kappa shape index (κ3) is 6.52. The number of nitrogens with one attached hydrogen (secondary N) is 2. The molecule has 1 aromatic heterocycles. The summed E-state index contributed by atoms with van der Waals surface area (Å²) in [5, 5.41) is 6.59. The van der Waals surface area contributed by atoms with Gasteiger partial charge >= 0.3 is 0 Å². The molecular weight excluding hydrogens is 250 g/mol. The van der Waals surface area contributed by atoms with Crippen molar-refractivity contribution in [1.29, 1.82) is 0 Å². The summed E-state index contributed by atoms with van der Waals surface area (Å²) in [4.78, 5) is 11.1. The Balaban J connectivity index is 2.43. The number of pyridine rings is 1. The molecule has 0 spiro atoms. The fraction of sp³-hybridized carbons (Fsp3) is 0.600. The lowest BCUT2D eigenvalue weighted by Crippen LogP contribution is -2.42. The fourth-order valence-corrected chi connectivity index (χ4v) is 1.60. The standard InChI is InChI=1S/C15H27N5/c1-5-16-15(18-10-11-20(4)13(2)3)19-12-14-8-6-7-9-17-14/h6-9,13H,5,10-12H2,1-4H3,(H2,16,18,19). The summed E-state index contributed by atoms with van der Waals surface area (Å²) < 4.78 is 0. The third-order valence-corrected chi connectivity index (χ3v) is 3.11. The van der Waals surface area contributed by atoms with Gasteiger partial charge in [-0.1, -0.05) is 6.07 Å². The van der Waals surface area contributed by atoms with Gasteiger partial charge in [-0.05, 0) is 40.0 Å². The Morgan fingerprint density at radius 1 is 1.35 bits per heavy atom. The van der Waals surface area contributed by atoms with Crippen LogP contribution in [0, 0.1) is 0 Å². The summed E-state index contributed by atoms with van der Waals surface area (Å²) in [7, 11) is 2.13. The van der Waals surface area contributed by atoms with Crippen LogP contribution < -0.4 is 10.6 Å². The molecule has 0 saturated carbocycles. The van der Waals surface area contributed by atoms with Crippen molar-refractivity contribution in [2.45, 2.75) is 33.4 Å². The molecule has 0 aliphatic rings. The van der Waals surface area contributed by atoms with Crippen molar-refractivity contribution in [3.05, 3.63) is 30.1 Å². The highest BCUT2D eigenvalue weighted by Crippen LogP contribution is 1.95. The second-order valence-electron chi connectivity index (χ2n) is 5.02. The first kappa shape index (κ1) is 16.4. The van der Waals surface area contributed by atoms with E-state index in [0.717, 1.165) is 31.3 Å². The Morgan fingerprint density at radius 3 is 2.75 bits per heavy atom. The number of nitrogens with zero attached hydrogens (tertiary/aromatic N) is 3. The highest BCUT2D eigenvalue weighted by Gasteiger charge is 2.03. The van der Waals surface area contributed by atoms with Crippen molar-refractivity contribution in [3.63, 3.8) is 0 Å². The minimum atomic E-state index is 0.560. The highest BCUT2D eigenvalue weighted by molar-refractivity contribution is 5.79. The molecule has 0 aromatic carbocycles. The second-order valence-corrected chi connectivity index (χ2v) is 5.02. The molecule has 20 heavy (non-hydrogen) atoms. The maximum Gasteiger partial charge on any atom is 0.191 e. The first-order valence-corrected chi connectivity index (χ1v) is 7.25. The fourth-order valence-electron chi connectivity index (χ4n) is 1.60. The summed E-state index contributed by atoms with van der Waals surface area (Å²) in [6, 6.07) is 6.44. The van der Waals surface area contributed by atoms with Crippen molar-refractivity contribution in [2.24, 2.45) is 4.99 Å². The summed E-state index contributed by atoms with van der Waals surface area (Å²) in [6.07, 6.45) is 1.79. The van der Waals surface area contributed by atoms with E-state index < -0.39 is 0 Å². The summed E-state index contributed by atoms with van der Waals surface area (Å²) in [5.41, 5.74) is 0.976. The topological polar surface area (TPSA) is 52.6 Å². The molecule has 1 aromatic rings. The summed E-state index contributed by atoms with van der Waals surface area (Å²) in [5.74, 6) is 0.843. The Bertz CT molecular complexity index is 389. The number of rotatable bonds is 7. The molecule has 5 heteroatoms. The Kier molecular flexibility index (Phi) is 7.65. The van der Waals surface area contributed by atoms with E-state index in [2.05, 4.69) is 53.3 Å². The van der Waals surface area contributed by atoms with Crippen molar-refractivity contribution in [1.82, 2.24) is 20.5 Å². The minimum Gasteiger partial charge on any atom is -0.357 e. The molecular formula is C15H27N5. The smallest absolute Gasteiger partial charge is 0.191 e.